The van der Waals surface area contributed by atoms with Crippen LogP contribution in [0.1, 0.15) is 38.5 Å². The molecule has 0 saturated carbocycles. The molecule has 0 unspecified atom stereocenters. The highest BCUT2D eigenvalue weighted by atomic mass is 19.3. The Balaban J connectivity index is 3.01. The Labute approximate surface area is 71.2 Å². The lowest BCUT2D eigenvalue weighted by Gasteiger charge is -2.07. The largest absolute Gasteiger partial charge is 0.396 e. The second-order valence-corrected chi connectivity index (χ2v) is 2.91. The highest BCUT2D eigenvalue weighted by molar-refractivity contribution is 4.50. The standard InChI is InChI=1S/C8H16F2O2/c9-8(10,12)6-4-2-1-3-5-7-11/h11-12H,1-7H2. The molecule has 0 aromatic carbocycles. The van der Waals surface area contributed by atoms with Crippen LogP contribution < -0.4 is 0 Å². The van der Waals surface area contributed by atoms with Crippen LogP contribution in [-0.4, -0.2) is 22.9 Å². The number of halogens is 2. The van der Waals surface area contributed by atoms with Gasteiger partial charge in [0.15, 0.2) is 0 Å². The van der Waals surface area contributed by atoms with Gasteiger partial charge < -0.3 is 10.2 Å². The second kappa shape index (κ2) is 6.31. The summed E-state index contributed by atoms with van der Waals surface area (Å²) in [5, 5.41) is 16.4. The van der Waals surface area contributed by atoms with E-state index < -0.39 is 12.5 Å². The number of hydrogen-bond acceptors (Lipinski definition) is 2. The van der Waals surface area contributed by atoms with Gasteiger partial charge in [-0.1, -0.05) is 19.3 Å². The Morgan fingerprint density at radius 3 is 1.92 bits per heavy atom. The molecule has 0 spiro atoms. The van der Waals surface area contributed by atoms with Crippen molar-refractivity contribution in [3.05, 3.63) is 0 Å². The summed E-state index contributed by atoms with van der Waals surface area (Å²) in [6.07, 6.45) is -0.478. The van der Waals surface area contributed by atoms with E-state index in [0.29, 0.717) is 12.8 Å². The van der Waals surface area contributed by atoms with Gasteiger partial charge in [0.25, 0.3) is 0 Å². The maximum atomic E-state index is 11.8. The molecule has 2 N–H and O–H groups in total. The second-order valence-electron chi connectivity index (χ2n) is 2.91. The van der Waals surface area contributed by atoms with Crippen molar-refractivity contribution in [2.75, 3.05) is 6.61 Å². The minimum absolute atomic E-state index is 0.163. The highest BCUT2D eigenvalue weighted by Crippen LogP contribution is 2.18. The van der Waals surface area contributed by atoms with E-state index in [4.69, 9.17) is 10.2 Å². The normalized spacial score (nSPS) is 12.0. The molecule has 4 heteroatoms. The molecule has 0 aliphatic heterocycles. The Kier molecular flexibility index (Phi) is 6.20. The summed E-state index contributed by atoms with van der Waals surface area (Å²) in [7, 11) is 0. The molecule has 0 amide bonds. The third kappa shape index (κ3) is 9.78. The molecule has 0 aliphatic carbocycles. The third-order valence-corrected chi connectivity index (χ3v) is 1.64. The van der Waals surface area contributed by atoms with Crippen molar-refractivity contribution in [2.45, 2.75) is 44.6 Å². The molecule has 0 atom stereocenters. The first-order chi connectivity index (χ1) is 5.56. The fraction of sp³-hybridized carbons (Fsp3) is 1.00. The zero-order valence-corrected chi connectivity index (χ0v) is 7.10. The summed E-state index contributed by atoms with van der Waals surface area (Å²) in [6, 6.07) is 0. The van der Waals surface area contributed by atoms with Crippen molar-refractivity contribution in [3.63, 3.8) is 0 Å². The number of unbranched alkanes of at least 4 members (excludes halogenated alkanes) is 4. The lowest BCUT2D eigenvalue weighted by atomic mass is 10.1. The van der Waals surface area contributed by atoms with Gasteiger partial charge in [-0.15, -0.1) is 0 Å². The SMILES string of the molecule is OCCCCCCCC(O)(F)F. The number of aliphatic hydroxyl groups is 2. The predicted octanol–water partition coefficient (Wildman–Crippen LogP) is 1.90. The van der Waals surface area contributed by atoms with E-state index in [9.17, 15) is 8.78 Å². The van der Waals surface area contributed by atoms with E-state index in [-0.39, 0.29) is 6.61 Å². The van der Waals surface area contributed by atoms with Crippen LogP contribution >= 0.6 is 0 Å². The van der Waals surface area contributed by atoms with Crippen LogP contribution in [0.5, 0.6) is 0 Å². The fourth-order valence-corrected chi connectivity index (χ4v) is 0.980. The van der Waals surface area contributed by atoms with Crippen LogP contribution in [-0.2, 0) is 0 Å². The monoisotopic (exact) mass is 182 g/mol. The van der Waals surface area contributed by atoms with Crippen LogP contribution in [0.2, 0.25) is 0 Å². The zero-order chi connectivity index (χ0) is 9.45. The van der Waals surface area contributed by atoms with Crippen molar-refractivity contribution >= 4 is 0 Å². The van der Waals surface area contributed by atoms with Crippen molar-refractivity contribution < 1.29 is 19.0 Å². The van der Waals surface area contributed by atoms with E-state index in [1.54, 1.807) is 0 Å². The van der Waals surface area contributed by atoms with E-state index in [2.05, 4.69) is 0 Å². The van der Waals surface area contributed by atoms with Gasteiger partial charge in [-0.2, -0.15) is 8.78 Å². The smallest absolute Gasteiger partial charge is 0.353 e. The van der Waals surface area contributed by atoms with Gasteiger partial charge in [-0.3, -0.25) is 0 Å². The van der Waals surface area contributed by atoms with Gasteiger partial charge in [0.2, 0.25) is 0 Å². The molecule has 0 fully saturated rings. The van der Waals surface area contributed by atoms with Gasteiger partial charge in [0.1, 0.15) is 0 Å². The summed E-state index contributed by atoms with van der Waals surface area (Å²) in [4.78, 5) is 0. The van der Waals surface area contributed by atoms with Gasteiger partial charge in [-0.25, -0.2) is 0 Å². The van der Waals surface area contributed by atoms with E-state index in [1.165, 1.54) is 0 Å². The average Bonchev–Trinajstić information content (AvgIpc) is 1.94. The Bertz CT molecular complexity index is 102. The average molecular weight is 182 g/mol. The molecule has 0 bridgehead atoms. The zero-order valence-electron chi connectivity index (χ0n) is 7.10. The topological polar surface area (TPSA) is 40.5 Å². The Morgan fingerprint density at radius 2 is 1.42 bits per heavy atom. The first kappa shape index (κ1) is 11.8. The van der Waals surface area contributed by atoms with Crippen molar-refractivity contribution in [3.8, 4) is 0 Å². The van der Waals surface area contributed by atoms with E-state index in [1.807, 2.05) is 0 Å². The van der Waals surface area contributed by atoms with Crippen LogP contribution in [0.4, 0.5) is 8.78 Å². The van der Waals surface area contributed by atoms with E-state index >= 15 is 0 Å². The minimum atomic E-state index is -3.50. The van der Waals surface area contributed by atoms with E-state index in [0.717, 1.165) is 19.3 Å². The van der Waals surface area contributed by atoms with Crippen LogP contribution in [0, 0.1) is 0 Å². The summed E-state index contributed by atoms with van der Waals surface area (Å²) in [5.74, 6) is 0. The molecule has 0 rings (SSSR count). The van der Waals surface area contributed by atoms with Gasteiger partial charge in [0, 0.05) is 13.0 Å². The van der Waals surface area contributed by atoms with Gasteiger partial charge in [0.05, 0.1) is 0 Å². The molecular weight excluding hydrogens is 166 g/mol. The van der Waals surface area contributed by atoms with Crippen LogP contribution in [0.3, 0.4) is 0 Å². The quantitative estimate of drug-likeness (QED) is 0.590. The number of rotatable bonds is 7. The lowest BCUT2D eigenvalue weighted by molar-refractivity contribution is -0.203. The van der Waals surface area contributed by atoms with Crippen LogP contribution in [0.25, 0.3) is 0 Å². The maximum Gasteiger partial charge on any atom is 0.353 e. The molecule has 0 aromatic heterocycles. The first-order valence-corrected chi connectivity index (χ1v) is 4.27. The Hall–Kier alpha value is -0.220. The van der Waals surface area contributed by atoms with Crippen LogP contribution in [0.15, 0.2) is 0 Å². The summed E-state index contributed by atoms with van der Waals surface area (Å²) >= 11 is 0. The predicted molar refractivity (Wildman–Crippen MR) is 42.0 cm³/mol. The molecule has 0 aliphatic rings. The Morgan fingerprint density at radius 1 is 0.917 bits per heavy atom. The molecule has 12 heavy (non-hydrogen) atoms. The van der Waals surface area contributed by atoms with Gasteiger partial charge >= 0.3 is 6.11 Å². The van der Waals surface area contributed by atoms with Crippen molar-refractivity contribution in [2.24, 2.45) is 0 Å². The minimum Gasteiger partial charge on any atom is -0.396 e. The number of aliphatic hydroxyl groups excluding tert-OH is 1. The molecule has 0 heterocycles. The van der Waals surface area contributed by atoms with Gasteiger partial charge in [-0.05, 0) is 12.8 Å². The first-order valence-electron chi connectivity index (χ1n) is 4.27. The number of hydrogen-bond donors (Lipinski definition) is 2. The highest BCUT2D eigenvalue weighted by Gasteiger charge is 2.22. The lowest BCUT2D eigenvalue weighted by Crippen LogP contribution is -2.13. The van der Waals surface area contributed by atoms with Crippen molar-refractivity contribution in [1.29, 1.82) is 0 Å². The molecule has 0 saturated heterocycles. The molecule has 0 radical (unpaired) electrons. The maximum absolute atomic E-state index is 11.8. The summed E-state index contributed by atoms with van der Waals surface area (Å²) in [6.45, 7) is 0.163. The fourth-order valence-electron chi connectivity index (χ4n) is 0.980. The van der Waals surface area contributed by atoms with Crippen molar-refractivity contribution in [1.82, 2.24) is 0 Å². The third-order valence-electron chi connectivity index (χ3n) is 1.64. The molecular formula is C8H16F2O2. The molecule has 0 aromatic rings. The molecule has 74 valence electrons. The molecule has 2 nitrogen and oxygen atoms in total. The summed E-state index contributed by atoms with van der Waals surface area (Å²) < 4.78 is 23.6. The summed E-state index contributed by atoms with van der Waals surface area (Å²) in [5.41, 5.74) is 0. The number of alkyl halides is 2.